The van der Waals surface area contributed by atoms with Gasteiger partial charge in [-0.1, -0.05) is 5.92 Å². The van der Waals surface area contributed by atoms with Gasteiger partial charge in [0.15, 0.2) is 14.8 Å². The Bertz CT molecular complexity index is 1750. The summed E-state index contributed by atoms with van der Waals surface area (Å²) < 4.78 is 52.4. The number of piperazine rings is 1. The molecule has 0 spiro atoms. The quantitative estimate of drug-likeness (QED) is 0.411. The Morgan fingerprint density at radius 1 is 1.26 bits per heavy atom. The molecule has 1 fully saturated rings. The average Bonchev–Trinajstić information content (AvgIpc) is 3.54. The molecule has 1 aromatic carbocycles. The fourth-order valence-corrected chi connectivity index (χ4v) is 8.24. The molecule has 0 aliphatic carbocycles. The second kappa shape index (κ2) is 10.4. The first-order valence-corrected chi connectivity index (χ1v) is 16.4. The molecule has 0 bridgehead atoms. The lowest BCUT2D eigenvalue weighted by Crippen LogP contribution is -2.56. The van der Waals surface area contributed by atoms with E-state index in [-0.39, 0.29) is 48.4 Å². The number of benzene rings is 1. The summed E-state index contributed by atoms with van der Waals surface area (Å²) in [7, 11) is -7.23. The van der Waals surface area contributed by atoms with Gasteiger partial charge in [0.1, 0.15) is 10.4 Å². The van der Waals surface area contributed by atoms with E-state index in [0.29, 0.717) is 35.1 Å². The summed E-state index contributed by atoms with van der Waals surface area (Å²) in [6.07, 6.45) is 7.25. The number of sulfone groups is 1. The molecule has 0 saturated carbocycles. The van der Waals surface area contributed by atoms with E-state index in [9.17, 15) is 26.9 Å². The fourth-order valence-electron chi connectivity index (χ4n) is 4.92. The predicted molar refractivity (Wildman–Crippen MR) is 146 cm³/mol. The van der Waals surface area contributed by atoms with Crippen molar-refractivity contribution in [1.29, 1.82) is 5.26 Å². The molecule has 39 heavy (non-hydrogen) atoms. The van der Waals surface area contributed by atoms with Crippen molar-refractivity contribution in [2.24, 2.45) is 0 Å². The number of hydrogen-bond acceptors (Lipinski definition) is 9. The van der Waals surface area contributed by atoms with Crippen LogP contribution in [0.25, 0.3) is 10.9 Å². The Morgan fingerprint density at radius 2 is 2.05 bits per heavy atom. The van der Waals surface area contributed by atoms with Gasteiger partial charge in [-0.25, -0.2) is 21.8 Å². The molecule has 14 heteroatoms. The number of amides is 1. The zero-order valence-corrected chi connectivity index (χ0v) is 23.5. The van der Waals surface area contributed by atoms with Gasteiger partial charge in [-0.05, 0) is 30.7 Å². The molecule has 2 aromatic heterocycles. The molecule has 2 N–H and O–H groups in total. The van der Waals surface area contributed by atoms with Gasteiger partial charge in [-0.3, -0.25) is 10.1 Å². The first-order chi connectivity index (χ1) is 18.5. The SMILES string of the molecule is C#Cc1ccc2[nH]c(S(=O)(=O)N3CCN(C(=O)c4nc5c(s4)CNC(S(C)(=O)=O)C5)C(CCC#N)C3)cc2c1. The summed E-state index contributed by atoms with van der Waals surface area (Å²) in [4.78, 5) is 23.3. The summed E-state index contributed by atoms with van der Waals surface area (Å²) >= 11 is 1.21. The van der Waals surface area contributed by atoms with Crippen LogP contribution in [0.5, 0.6) is 0 Å². The third-order valence-corrected chi connectivity index (χ3v) is 11.3. The Morgan fingerprint density at radius 3 is 2.77 bits per heavy atom. The number of sulfonamides is 1. The van der Waals surface area contributed by atoms with Gasteiger partial charge < -0.3 is 9.88 Å². The Balaban J connectivity index is 1.37. The number of nitrogens with zero attached hydrogens (tertiary/aromatic N) is 4. The normalized spacial score (nSPS) is 20.3. The molecule has 0 radical (unpaired) electrons. The Kier molecular flexibility index (Phi) is 7.26. The number of terminal acetylenes is 1. The fraction of sp³-hybridized carbons (Fsp3) is 0.400. The number of nitrogens with one attached hydrogen (secondary N) is 2. The van der Waals surface area contributed by atoms with E-state index >= 15 is 0 Å². The third-order valence-electron chi connectivity index (χ3n) is 7.02. The highest BCUT2D eigenvalue weighted by molar-refractivity contribution is 7.91. The molecular weight excluding hydrogens is 561 g/mol. The number of H-pyrrole nitrogens is 1. The van der Waals surface area contributed by atoms with Crippen LogP contribution in [-0.4, -0.2) is 79.2 Å². The summed E-state index contributed by atoms with van der Waals surface area (Å²) in [5, 5.41) is 12.4. The van der Waals surface area contributed by atoms with Gasteiger partial charge in [0.25, 0.3) is 15.9 Å². The van der Waals surface area contributed by atoms with Crippen LogP contribution in [0.15, 0.2) is 29.3 Å². The number of carbonyl (C=O) groups is 1. The van der Waals surface area contributed by atoms with E-state index in [1.165, 1.54) is 15.6 Å². The smallest absolute Gasteiger partial charge is 0.283 e. The second-order valence-electron chi connectivity index (χ2n) is 9.58. The van der Waals surface area contributed by atoms with Crippen LogP contribution in [0.1, 0.15) is 38.8 Å². The number of rotatable bonds is 6. The van der Waals surface area contributed by atoms with Crippen LogP contribution in [0, 0.1) is 23.7 Å². The molecule has 1 amide bonds. The predicted octanol–water partition coefficient (Wildman–Crippen LogP) is 1.44. The minimum Gasteiger partial charge on any atom is -0.345 e. The van der Waals surface area contributed by atoms with Crippen molar-refractivity contribution >= 4 is 48.0 Å². The number of nitriles is 1. The van der Waals surface area contributed by atoms with Crippen molar-refractivity contribution in [2.75, 3.05) is 25.9 Å². The van der Waals surface area contributed by atoms with Crippen molar-refractivity contribution in [3.63, 3.8) is 0 Å². The molecule has 2 unspecified atom stereocenters. The van der Waals surface area contributed by atoms with Crippen LogP contribution in [0.4, 0.5) is 0 Å². The molecular formula is C25H26N6O5S3. The molecule has 204 valence electrons. The van der Waals surface area contributed by atoms with Crippen molar-refractivity contribution in [2.45, 2.75) is 42.2 Å². The van der Waals surface area contributed by atoms with Crippen molar-refractivity contribution in [3.8, 4) is 18.4 Å². The molecule has 1 saturated heterocycles. The van der Waals surface area contributed by atoms with E-state index in [1.807, 2.05) is 0 Å². The van der Waals surface area contributed by atoms with Crippen molar-refractivity contribution in [3.05, 3.63) is 45.4 Å². The number of hydrogen-bond donors (Lipinski definition) is 2. The minimum atomic E-state index is -3.91. The second-order valence-corrected chi connectivity index (χ2v) is 14.8. The first kappa shape index (κ1) is 27.3. The van der Waals surface area contributed by atoms with E-state index in [0.717, 1.165) is 11.1 Å². The van der Waals surface area contributed by atoms with Crippen LogP contribution < -0.4 is 5.32 Å². The van der Waals surface area contributed by atoms with E-state index in [4.69, 9.17) is 6.42 Å². The maximum absolute atomic E-state index is 13.5. The zero-order valence-electron chi connectivity index (χ0n) is 21.0. The number of carbonyl (C=O) groups excluding carboxylic acids is 1. The van der Waals surface area contributed by atoms with Crippen LogP contribution in [0.2, 0.25) is 0 Å². The van der Waals surface area contributed by atoms with Gasteiger partial charge in [-0.2, -0.15) is 9.57 Å². The average molecular weight is 587 g/mol. The lowest BCUT2D eigenvalue weighted by molar-refractivity contribution is 0.0552. The standard InChI is InChI=1S/C25H26N6O5S3/c1-3-16-6-7-19-17(11-16)12-23(28-19)39(35,36)30-9-10-31(18(15-30)5-4-8-26)25(32)24-29-20-13-22(38(2,33)34)27-14-21(20)37-24/h1,6-7,11-12,18,22,27-28H,4-5,9-10,13-15H2,2H3. The van der Waals surface area contributed by atoms with Crippen molar-refractivity contribution in [1.82, 2.24) is 24.5 Å². The summed E-state index contributed by atoms with van der Waals surface area (Å²) in [6, 6.07) is 8.30. The molecule has 2 aliphatic rings. The molecule has 2 aliphatic heterocycles. The highest BCUT2D eigenvalue weighted by Crippen LogP contribution is 2.29. The highest BCUT2D eigenvalue weighted by Gasteiger charge is 2.38. The van der Waals surface area contributed by atoms with Gasteiger partial charge in [-0.15, -0.1) is 17.8 Å². The molecule has 3 aromatic rings. The highest BCUT2D eigenvalue weighted by atomic mass is 32.2. The summed E-state index contributed by atoms with van der Waals surface area (Å²) in [5.74, 6) is 2.19. The summed E-state index contributed by atoms with van der Waals surface area (Å²) in [6.45, 7) is 0.535. The lowest BCUT2D eigenvalue weighted by Gasteiger charge is -2.40. The van der Waals surface area contributed by atoms with Gasteiger partial charge >= 0.3 is 0 Å². The minimum absolute atomic E-state index is 0.0313. The topological polar surface area (TPSA) is 156 Å². The van der Waals surface area contributed by atoms with Crippen LogP contribution >= 0.6 is 11.3 Å². The largest absolute Gasteiger partial charge is 0.345 e. The van der Waals surface area contributed by atoms with Crippen molar-refractivity contribution < 1.29 is 21.6 Å². The van der Waals surface area contributed by atoms with Crippen LogP contribution in [-0.2, 0) is 32.8 Å². The van der Waals surface area contributed by atoms with Gasteiger partial charge in [0.05, 0.1) is 11.8 Å². The molecule has 2 atom stereocenters. The number of fused-ring (bicyclic) bond motifs is 2. The third kappa shape index (κ3) is 5.31. The van der Waals surface area contributed by atoms with E-state index in [1.54, 1.807) is 29.2 Å². The van der Waals surface area contributed by atoms with Gasteiger partial charge in [0, 0.05) is 72.7 Å². The molecule has 11 nitrogen and oxygen atoms in total. The van der Waals surface area contributed by atoms with E-state index in [2.05, 4.69) is 27.3 Å². The van der Waals surface area contributed by atoms with Gasteiger partial charge in [0.2, 0.25) is 0 Å². The van der Waals surface area contributed by atoms with E-state index < -0.39 is 31.3 Å². The number of aromatic nitrogens is 2. The number of aromatic amines is 1. The molecule has 5 rings (SSSR count). The Labute approximate surface area is 230 Å². The Hall–Kier alpha value is -3.27. The zero-order chi connectivity index (χ0) is 27.9. The summed E-state index contributed by atoms with van der Waals surface area (Å²) in [5.41, 5.74) is 1.86. The lowest BCUT2D eigenvalue weighted by atomic mass is 10.1. The monoisotopic (exact) mass is 586 g/mol. The maximum Gasteiger partial charge on any atom is 0.283 e. The van der Waals surface area contributed by atoms with Crippen LogP contribution in [0.3, 0.4) is 0 Å². The molecule has 4 heterocycles. The maximum atomic E-state index is 13.5. The number of thiazole rings is 1. The first-order valence-electron chi connectivity index (χ1n) is 12.2.